The fraction of sp³-hybridized carbons (Fsp3) is 0.941. The molecule has 1 aliphatic carbocycles. The van der Waals surface area contributed by atoms with Crippen molar-refractivity contribution in [2.75, 3.05) is 6.54 Å². The summed E-state index contributed by atoms with van der Waals surface area (Å²) >= 11 is 0. The maximum atomic E-state index is 11.5. The highest BCUT2D eigenvalue weighted by atomic mass is 16.4. The molecule has 1 fully saturated rings. The monoisotopic (exact) mass is 283 g/mol. The van der Waals surface area contributed by atoms with Gasteiger partial charge in [-0.05, 0) is 57.4 Å². The summed E-state index contributed by atoms with van der Waals surface area (Å²) in [5, 5.41) is 9.48. The standard InChI is InChI=1S/C17H33NO2/c1-7-18(17(5,6)15(19)20)14-10-8-9-13(11-12-14)16(2,3)4/h13-14H,7-12H2,1-6H3,(H,19,20). The molecule has 1 saturated carbocycles. The molecular weight excluding hydrogens is 250 g/mol. The van der Waals surface area contributed by atoms with E-state index in [2.05, 4.69) is 32.6 Å². The first-order chi connectivity index (χ1) is 9.10. The summed E-state index contributed by atoms with van der Waals surface area (Å²) in [6.45, 7) is 13.6. The van der Waals surface area contributed by atoms with E-state index in [-0.39, 0.29) is 0 Å². The number of carboxylic acids is 1. The van der Waals surface area contributed by atoms with Crippen LogP contribution in [-0.4, -0.2) is 34.1 Å². The van der Waals surface area contributed by atoms with Crippen molar-refractivity contribution in [3.63, 3.8) is 0 Å². The van der Waals surface area contributed by atoms with Crippen LogP contribution in [0.2, 0.25) is 0 Å². The highest BCUT2D eigenvalue weighted by Crippen LogP contribution is 2.38. The molecule has 118 valence electrons. The number of carboxylic acid groups (broad SMARTS) is 1. The minimum absolute atomic E-state index is 0.369. The Labute approximate surface area is 124 Å². The van der Waals surface area contributed by atoms with Gasteiger partial charge in [0.05, 0.1) is 0 Å². The van der Waals surface area contributed by atoms with Crippen LogP contribution >= 0.6 is 0 Å². The molecule has 2 unspecified atom stereocenters. The van der Waals surface area contributed by atoms with Crippen molar-refractivity contribution >= 4 is 5.97 Å². The highest BCUT2D eigenvalue weighted by molar-refractivity contribution is 5.77. The molecule has 3 heteroatoms. The molecular formula is C17H33NO2. The minimum atomic E-state index is -0.763. The van der Waals surface area contributed by atoms with E-state index in [1.54, 1.807) is 0 Å². The van der Waals surface area contributed by atoms with Gasteiger partial charge in [0.15, 0.2) is 0 Å². The van der Waals surface area contributed by atoms with Gasteiger partial charge < -0.3 is 5.11 Å². The molecule has 0 saturated heterocycles. The van der Waals surface area contributed by atoms with Crippen LogP contribution in [0.5, 0.6) is 0 Å². The first-order valence-electron chi connectivity index (χ1n) is 8.10. The van der Waals surface area contributed by atoms with Crippen LogP contribution in [0.15, 0.2) is 0 Å². The lowest BCUT2D eigenvalue weighted by Crippen LogP contribution is -2.54. The van der Waals surface area contributed by atoms with Crippen LogP contribution in [0.25, 0.3) is 0 Å². The Morgan fingerprint density at radius 2 is 1.70 bits per heavy atom. The van der Waals surface area contributed by atoms with E-state index >= 15 is 0 Å². The van der Waals surface area contributed by atoms with Crippen molar-refractivity contribution in [2.45, 2.75) is 85.2 Å². The Morgan fingerprint density at radius 1 is 1.10 bits per heavy atom. The van der Waals surface area contributed by atoms with Crippen molar-refractivity contribution in [3.05, 3.63) is 0 Å². The number of hydrogen-bond donors (Lipinski definition) is 1. The number of aliphatic carboxylic acids is 1. The topological polar surface area (TPSA) is 40.5 Å². The Balaban J connectivity index is 2.79. The molecule has 0 aliphatic heterocycles. The molecule has 3 nitrogen and oxygen atoms in total. The lowest BCUT2D eigenvalue weighted by atomic mass is 9.76. The molecule has 0 aromatic carbocycles. The second-order valence-corrected chi connectivity index (χ2v) is 7.88. The zero-order chi connectivity index (χ0) is 15.6. The lowest BCUT2D eigenvalue weighted by Gasteiger charge is -2.40. The Kier molecular flexibility index (Phi) is 5.65. The summed E-state index contributed by atoms with van der Waals surface area (Å²) in [6, 6.07) is 0.415. The van der Waals surface area contributed by atoms with E-state index in [1.165, 1.54) is 19.3 Å². The van der Waals surface area contributed by atoms with Gasteiger partial charge in [0.2, 0.25) is 0 Å². The molecule has 0 aromatic heterocycles. The van der Waals surface area contributed by atoms with Crippen molar-refractivity contribution in [1.29, 1.82) is 0 Å². The van der Waals surface area contributed by atoms with Crippen LogP contribution in [0.3, 0.4) is 0 Å². The molecule has 1 rings (SSSR count). The number of nitrogens with zero attached hydrogens (tertiary/aromatic N) is 1. The summed E-state index contributed by atoms with van der Waals surface area (Å²) in [7, 11) is 0. The van der Waals surface area contributed by atoms with Crippen molar-refractivity contribution in [2.24, 2.45) is 11.3 Å². The van der Waals surface area contributed by atoms with Crippen molar-refractivity contribution in [1.82, 2.24) is 4.90 Å². The van der Waals surface area contributed by atoms with Gasteiger partial charge in [-0.3, -0.25) is 9.69 Å². The predicted octanol–water partition coefficient (Wildman–Crippen LogP) is 4.17. The highest BCUT2D eigenvalue weighted by Gasteiger charge is 2.39. The molecule has 0 aromatic rings. The van der Waals surface area contributed by atoms with Gasteiger partial charge in [0.1, 0.15) is 5.54 Å². The summed E-state index contributed by atoms with van der Waals surface area (Å²) in [5.74, 6) is 0.0510. The fourth-order valence-corrected chi connectivity index (χ4v) is 3.69. The number of hydrogen-bond acceptors (Lipinski definition) is 2. The van der Waals surface area contributed by atoms with Gasteiger partial charge >= 0.3 is 5.97 Å². The Bertz CT molecular complexity index is 330. The smallest absolute Gasteiger partial charge is 0.323 e. The average molecular weight is 283 g/mol. The van der Waals surface area contributed by atoms with E-state index < -0.39 is 11.5 Å². The van der Waals surface area contributed by atoms with Gasteiger partial charge in [-0.15, -0.1) is 0 Å². The van der Waals surface area contributed by atoms with E-state index in [9.17, 15) is 9.90 Å². The average Bonchev–Trinajstić information content (AvgIpc) is 2.54. The first kappa shape index (κ1) is 17.5. The molecule has 0 amide bonds. The maximum absolute atomic E-state index is 11.5. The zero-order valence-electron chi connectivity index (χ0n) is 14.2. The number of carbonyl (C=O) groups is 1. The zero-order valence-corrected chi connectivity index (χ0v) is 14.2. The van der Waals surface area contributed by atoms with E-state index in [0.717, 1.165) is 25.3 Å². The molecule has 1 N–H and O–H groups in total. The summed E-state index contributed by atoms with van der Waals surface area (Å²) in [4.78, 5) is 13.7. The van der Waals surface area contributed by atoms with Gasteiger partial charge in [0.25, 0.3) is 0 Å². The molecule has 2 atom stereocenters. The number of likely N-dealkylation sites (N-methyl/N-ethyl adjacent to an activating group) is 1. The summed E-state index contributed by atoms with van der Waals surface area (Å²) in [6.07, 6.45) is 5.99. The van der Waals surface area contributed by atoms with Crippen LogP contribution in [-0.2, 0) is 4.79 Å². The maximum Gasteiger partial charge on any atom is 0.323 e. The molecule has 1 aliphatic rings. The van der Waals surface area contributed by atoms with Gasteiger partial charge in [-0.25, -0.2) is 0 Å². The van der Waals surface area contributed by atoms with E-state index in [1.807, 2.05) is 13.8 Å². The fourth-order valence-electron chi connectivity index (χ4n) is 3.69. The SMILES string of the molecule is CCN(C1CCCC(C(C)(C)C)CC1)C(C)(C)C(=O)O. The van der Waals surface area contributed by atoms with Crippen LogP contribution in [0.1, 0.15) is 73.6 Å². The van der Waals surface area contributed by atoms with Gasteiger partial charge in [-0.2, -0.15) is 0 Å². The largest absolute Gasteiger partial charge is 0.480 e. The second kappa shape index (κ2) is 6.46. The predicted molar refractivity (Wildman–Crippen MR) is 83.9 cm³/mol. The van der Waals surface area contributed by atoms with Crippen molar-refractivity contribution in [3.8, 4) is 0 Å². The van der Waals surface area contributed by atoms with E-state index in [4.69, 9.17) is 0 Å². The molecule has 0 bridgehead atoms. The second-order valence-electron chi connectivity index (χ2n) is 7.88. The third-order valence-corrected chi connectivity index (χ3v) is 5.19. The third kappa shape index (κ3) is 3.97. The van der Waals surface area contributed by atoms with Gasteiger partial charge in [0, 0.05) is 6.04 Å². The van der Waals surface area contributed by atoms with E-state index in [0.29, 0.717) is 11.5 Å². The van der Waals surface area contributed by atoms with Crippen LogP contribution in [0.4, 0.5) is 0 Å². The molecule has 0 heterocycles. The minimum Gasteiger partial charge on any atom is -0.480 e. The van der Waals surface area contributed by atoms with Gasteiger partial charge in [-0.1, -0.05) is 34.1 Å². The number of rotatable bonds is 4. The van der Waals surface area contributed by atoms with Crippen molar-refractivity contribution < 1.29 is 9.90 Å². The Hall–Kier alpha value is -0.570. The normalized spacial score (nSPS) is 25.6. The molecule has 20 heavy (non-hydrogen) atoms. The first-order valence-corrected chi connectivity index (χ1v) is 8.10. The summed E-state index contributed by atoms with van der Waals surface area (Å²) < 4.78 is 0. The van der Waals surface area contributed by atoms with Crippen LogP contribution < -0.4 is 0 Å². The molecule has 0 radical (unpaired) electrons. The Morgan fingerprint density at radius 3 is 2.15 bits per heavy atom. The van der Waals surface area contributed by atoms with Crippen LogP contribution in [0, 0.1) is 11.3 Å². The third-order valence-electron chi connectivity index (χ3n) is 5.19. The quantitative estimate of drug-likeness (QED) is 0.787. The lowest BCUT2D eigenvalue weighted by molar-refractivity contribution is -0.151. The summed E-state index contributed by atoms with van der Waals surface area (Å²) in [5.41, 5.74) is -0.394. The molecule has 0 spiro atoms.